The van der Waals surface area contributed by atoms with Crippen molar-refractivity contribution >= 4 is 12.1 Å². The molecule has 1 fully saturated rings. The lowest BCUT2D eigenvalue weighted by molar-refractivity contribution is -0.116. The number of carbonyl (C=O) groups excluding carboxylic acids is 2. The minimum atomic E-state index is -0.658. The minimum absolute atomic E-state index is 0.142. The Hall–Kier alpha value is -2.30. The number of hydrogen-bond acceptors (Lipinski definition) is 4. The Labute approximate surface area is 142 Å². The highest BCUT2D eigenvalue weighted by molar-refractivity contribution is 5.89. The van der Waals surface area contributed by atoms with E-state index in [4.69, 9.17) is 9.57 Å². The van der Waals surface area contributed by atoms with Crippen LogP contribution in [0.15, 0.2) is 42.0 Å². The van der Waals surface area contributed by atoms with E-state index in [1.165, 1.54) is 12.6 Å². The molecule has 1 aromatic rings. The smallest absolute Gasteiger partial charge is 0.439 e. The molecule has 0 unspecified atom stereocenters. The fourth-order valence-corrected chi connectivity index (χ4v) is 3.88. The maximum Gasteiger partial charge on any atom is 0.443 e. The summed E-state index contributed by atoms with van der Waals surface area (Å²) in [5.41, 5.74) is 1.79. The van der Waals surface area contributed by atoms with Crippen LogP contribution >= 0.6 is 0 Å². The Balaban J connectivity index is 1.61. The van der Waals surface area contributed by atoms with E-state index in [2.05, 4.69) is 20.8 Å². The van der Waals surface area contributed by atoms with Gasteiger partial charge >= 0.3 is 12.1 Å². The van der Waals surface area contributed by atoms with Crippen LogP contribution in [0.3, 0.4) is 0 Å². The van der Waals surface area contributed by atoms with Crippen LogP contribution in [0.5, 0.6) is 0 Å². The first-order valence-electron chi connectivity index (χ1n) is 8.20. The molecule has 24 heavy (non-hydrogen) atoms. The van der Waals surface area contributed by atoms with Crippen LogP contribution in [0, 0.1) is 17.3 Å². The summed E-state index contributed by atoms with van der Waals surface area (Å²) in [5, 5.41) is 0.857. The largest absolute Gasteiger partial charge is 0.443 e. The zero-order valence-electron chi connectivity index (χ0n) is 14.5. The van der Waals surface area contributed by atoms with E-state index in [-0.39, 0.29) is 11.5 Å². The van der Waals surface area contributed by atoms with E-state index >= 15 is 0 Å². The third-order valence-corrected chi connectivity index (χ3v) is 5.44. The van der Waals surface area contributed by atoms with E-state index in [1.54, 1.807) is 30.3 Å². The summed E-state index contributed by atoms with van der Waals surface area (Å²) < 4.78 is 5.58. The van der Waals surface area contributed by atoms with Gasteiger partial charge in [-0.2, -0.15) is 0 Å². The zero-order valence-corrected chi connectivity index (χ0v) is 14.5. The first-order valence-corrected chi connectivity index (χ1v) is 8.20. The lowest BCUT2D eigenvalue weighted by atomic mass is 9.48. The van der Waals surface area contributed by atoms with Crippen molar-refractivity contribution in [2.45, 2.75) is 33.3 Å². The Morgan fingerprint density at radius 3 is 2.46 bits per heavy atom. The molecule has 1 saturated carbocycles. The molecule has 3 aliphatic carbocycles. The number of hydroxylamine groups is 2. The van der Waals surface area contributed by atoms with Gasteiger partial charge in [-0.1, -0.05) is 37.6 Å². The molecule has 4 rings (SSSR count). The fraction of sp³-hybridized carbons (Fsp3) is 0.474. The number of allylic oxidation sites excluding steroid dienone is 1. The first kappa shape index (κ1) is 16.6. The third-order valence-electron chi connectivity index (χ3n) is 5.44. The Kier molecular flexibility index (Phi) is 4.11. The molecule has 0 aromatic heterocycles. The summed E-state index contributed by atoms with van der Waals surface area (Å²) in [5.74, 6) is 0.300. The predicted octanol–water partition coefficient (Wildman–Crippen LogP) is 3.82. The van der Waals surface area contributed by atoms with E-state index in [1.807, 2.05) is 6.08 Å². The van der Waals surface area contributed by atoms with Gasteiger partial charge in [0.25, 0.3) is 0 Å². The number of hydrogen-bond donors (Lipinski definition) is 0. The molecular weight excluding hydrogens is 306 g/mol. The van der Waals surface area contributed by atoms with Crippen molar-refractivity contribution in [3.63, 3.8) is 0 Å². The topological polar surface area (TPSA) is 55.8 Å². The standard InChI is InChI=1S/C19H23NO4/c1-12-10-16(15-11-14(12)19(15,2)3)23-18(22)20(4)24-17(21)13-8-6-5-7-9-13/h5-10,14-16H,11H2,1-4H3/t14-,15+,16+/m1/s1. The normalized spacial score (nSPS) is 26.7. The second-order valence-corrected chi connectivity index (χ2v) is 7.22. The van der Waals surface area contributed by atoms with E-state index in [0.717, 1.165) is 11.5 Å². The summed E-state index contributed by atoms with van der Waals surface area (Å²) in [7, 11) is 1.39. The van der Waals surface area contributed by atoms with Crippen LogP contribution in [0.2, 0.25) is 0 Å². The van der Waals surface area contributed by atoms with Crippen molar-refractivity contribution in [2.24, 2.45) is 17.3 Å². The Morgan fingerprint density at radius 2 is 1.88 bits per heavy atom. The molecule has 0 aliphatic heterocycles. The van der Waals surface area contributed by atoms with Crippen molar-refractivity contribution in [1.29, 1.82) is 0 Å². The van der Waals surface area contributed by atoms with Crippen LogP contribution in [0.4, 0.5) is 4.79 Å². The number of rotatable bonds is 2. The average molecular weight is 329 g/mol. The van der Waals surface area contributed by atoms with Crippen molar-refractivity contribution < 1.29 is 19.2 Å². The Bertz CT molecular complexity index is 680. The monoisotopic (exact) mass is 329 g/mol. The van der Waals surface area contributed by atoms with Gasteiger partial charge in [-0.25, -0.2) is 9.59 Å². The molecule has 2 bridgehead atoms. The Morgan fingerprint density at radius 1 is 1.21 bits per heavy atom. The molecule has 0 radical (unpaired) electrons. The van der Waals surface area contributed by atoms with Gasteiger partial charge in [-0.15, -0.1) is 5.06 Å². The van der Waals surface area contributed by atoms with E-state index < -0.39 is 12.1 Å². The number of nitrogens with zero attached hydrogens (tertiary/aromatic N) is 1. The van der Waals surface area contributed by atoms with Crippen molar-refractivity contribution in [3.8, 4) is 0 Å². The maximum absolute atomic E-state index is 12.3. The number of ether oxygens (including phenoxy) is 1. The SMILES string of the molecule is CC1=C[C@H](OC(=O)N(C)OC(=O)c2ccccc2)[C@@H]2C[C@H]1C2(C)C. The van der Waals surface area contributed by atoms with Gasteiger partial charge in [-0.05, 0) is 42.9 Å². The first-order chi connectivity index (χ1) is 11.3. The van der Waals surface area contributed by atoms with Gasteiger partial charge in [0.05, 0.1) is 12.6 Å². The molecule has 5 heteroatoms. The summed E-state index contributed by atoms with van der Waals surface area (Å²) in [6.45, 7) is 6.51. The van der Waals surface area contributed by atoms with Crippen LogP contribution in [-0.4, -0.2) is 30.3 Å². The van der Waals surface area contributed by atoms with Gasteiger partial charge in [0.15, 0.2) is 0 Å². The second kappa shape index (κ2) is 5.96. The third kappa shape index (κ3) is 2.79. The predicted molar refractivity (Wildman–Crippen MR) is 89.0 cm³/mol. The molecule has 5 nitrogen and oxygen atoms in total. The van der Waals surface area contributed by atoms with E-state index in [9.17, 15) is 9.59 Å². The molecule has 0 N–H and O–H groups in total. The molecule has 3 atom stereocenters. The van der Waals surface area contributed by atoms with Crippen LogP contribution < -0.4 is 0 Å². The number of amides is 1. The lowest BCUT2D eigenvalue weighted by Crippen LogP contribution is -2.55. The molecule has 1 aromatic carbocycles. The van der Waals surface area contributed by atoms with Crippen LogP contribution in [0.25, 0.3) is 0 Å². The molecule has 1 amide bonds. The summed E-state index contributed by atoms with van der Waals surface area (Å²) >= 11 is 0. The lowest BCUT2D eigenvalue weighted by Gasteiger charge is -2.58. The summed E-state index contributed by atoms with van der Waals surface area (Å²) in [4.78, 5) is 29.3. The van der Waals surface area contributed by atoms with Gasteiger partial charge in [0.2, 0.25) is 0 Å². The highest BCUT2D eigenvalue weighted by Gasteiger charge is 2.55. The maximum atomic E-state index is 12.3. The van der Waals surface area contributed by atoms with Crippen molar-refractivity contribution in [1.82, 2.24) is 5.06 Å². The molecule has 3 aliphatic rings. The highest BCUT2D eigenvalue weighted by Crippen LogP contribution is 2.59. The fourth-order valence-electron chi connectivity index (χ4n) is 3.88. The van der Waals surface area contributed by atoms with Gasteiger partial charge < -0.3 is 9.57 Å². The van der Waals surface area contributed by atoms with Gasteiger partial charge in [-0.3, -0.25) is 0 Å². The molecule has 128 valence electrons. The van der Waals surface area contributed by atoms with E-state index in [0.29, 0.717) is 17.4 Å². The van der Waals surface area contributed by atoms with Crippen LogP contribution in [0.1, 0.15) is 37.6 Å². The molecule has 0 heterocycles. The quantitative estimate of drug-likeness (QED) is 0.611. The zero-order chi connectivity index (χ0) is 17.5. The van der Waals surface area contributed by atoms with Crippen molar-refractivity contribution in [3.05, 3.63) is 47.5 Å². The summed E-state index contributed by atoms with van der Waals surface area (Å²) in [6.07, 6.45) is 2.14. The van der Waals surface area contributed by atoms with Gasteiger partial charge in [0, 0.05) is 5.92 Å². The van der Waals surface area contributed by atoms with Gasteiger partial charge in [0.1, 0.15) is 6.10 Å². The van der Waals surface area contributed by atoms with Crippen molar-refractivity contribution in [2.75, 3.05) is 7.05 Å². The number of carbonyl (C=O) groups is 2. The second-order valence-electron chi connectivity index (χ2n) is 7.22. The average Bonchev–Trinajstić information content (AvgIpc) is 2.54. The highest BCUT2D eigenvalue weighted by atomic mass is 16.7. The van der Waals surface area contributed by atoms with Crippen LogP contribution in [-0.2, 0) is 9.57 Å². The molecular formula is C19H23NO4. The summed E-state index contributed by atoms with van der Waals surface area (Å²) in [6, 6.07) is 8.54. The molecule has 0 saturated heterocycles. The number of fused-ring (bicyclic) bond motifs is 1. The minimum Gasteiger partial charge on any atom is -0.439 e. The number of benzene rings is 1. The molecule has 0 spiro atoms.